The van der Waals surface area contributed by atoms with Gasteiger partial charge in [-0.1, -0.05) is 12.1 Å². The van der Waals surface area contributed by atoms with Crippen molar-refractivity contribution in [3.05, 3.63) is 29.8 Å². The molecular formula is C14H17F3N2O3S. The number of halogens is 3. The van der Waals surface area contributed by atoms with Gasteiger partial charge in [0.2, 0.25) is 15.9 Å². The fourth-order valence-corrected chi connectivity index (χ4v) is 4.06. The molecule has 9 heteroatoms. The van der Waals surface area contributed by atoms with E-state index in [1.165, 1.54) is 13.0 Å². The average Bonchev–Trinajstić information content (AvgIpc) is 2.46. The summed E-state index contributed by atoms with van der Waals surface area (Å²) in [5.41, 5.74) is -1.19. The van der Waals surface area contributed by atoms with Gasteiger partial charge in [-0.25, -0.2) is 13.1 Å². The number of amides is 1. The molecule has 0 spiro atoms. The molecule has 1 aliphatic rings. The SMILES string of the molecule is CC(=O)N1CCC(NS(=O)(=O)c2ccccc2C(F)(F)F)CC1. The molecule has 1 saturated heterocycles. The maximum Gasteiger partial charge on any atom is 0.417 e. The summed E-state index contributed by atoms with van der Waals surface area (Å²) in [4.78, 5) is 12.0. The second kappa shape index (κ2) is 6.48. The van der Waals surface area contributed by atoms with Crippen molar-refractivity contribution < 1.29 is 26.4 Å². The van der Waals surface area contributed by atoms with Crippen LogP contribution in [0.1, 0.15) is 25.3 Å². The highest BCUT2D eigenvalue weighted by atomic mass is 32.2. The zero-order valence-corrected chi connectivity index (χ0v) is 13.2. The molecule has 0 saturated carbocycles. The highest BCUT2D eigenvalue weighted by Gasteiger charge is 2.37. The topological polar surface area (TPSA) is 66.5 Å². The van der Waals surface area contributed by atoms with Crippen LogP contribution in [0.4, 0.5) is 13.2 Å². The third-order valence-corrected chi connectivity index (χ3v) is 5.32. The summed E-state index contributed by atoms with van der Waals surface area (Å²) in [5, 5.41) is 0. The maximum atomic E-state index is 13.0. The summed E-state index contributed by atoms with van der Waals surface area (Å²) in [5.74, 6) is -0.103. The van der Waals surface area contributed by atoms with Crippen LogP contribution in [-0.2, 0) is 21.0 Å². The number of likely N-dealkylation sites (tertiary alicyclic amines) is 1. The second-order valence-corrected chi connectivity index (χ2v) is 7.08. The third kappa shape index (κ3) is 4.23. The largest absolute Gasteiger partial charge is 0.417 e. The highest BCUT2D eigenvalue weighted by Crippen LogP contribution is 2.34. The van der Waals surface area contributed by atoms with Gasteiger partial charge in [-0.05, 0) is 25.0 Å². The van der Waals surface area contributed by atoms with Gasteiger partial charge in [-0.2, -0.15) is 13.2 Å². The molecule has 1 heterocycles. The molecular weight excluding hydrogens is 333 g/mol. The van der Waals surface area contributed by atoms with Gasteiger partial charge in [-0.3, -0.25) is 4.79 Å². The molecule has 0 bridgehead atoms. The number of piperidine rings is 1. The van der Waals surface area contributed by atoms with Crippen LogP contribution in [0, 0.1) is 0 Å². The molecule has 1 aromatic carbocycles. The zero-order chi connectivity index (χ0) is 17.3. The molecule has 1 aromatic rings. The van der Waals surface area contributed by atoms with Crippen LogP contribution in [0.2, 0.25) is 0 Å². The number of rotatable bonds is 3. The fourth-order valence-electron chi connectivity index (χ4n) is 2.53. The van der Waals surface area contributed by atoms with Crippen molar-refractivity contribution in [1.82, 2.24) is 9.62 Å². The smallest absolute Gasteiger partial charge is 0.343 e. The van der Waals surface area contributed by atoms with Gasteiger partial charge < -0.3 is 4.90 Å². The Morgan fingerprint density at radius 2 is 1.78 bits per heavy atom. The Labute approximate surface area is 132 Å². The van der Waals surface area contributed by atoms with Crippen LogP contribution in [0.5, 0.6) is 0 Å². The van der Waals surface area contributed by atoms with E-state index in [2.05, 4.69) is 4.72 Å². The summed E-state index contributed by atoms with van der Waals surface area (Å²) >= 11 is 0. The minimum atomic E-state index is -4.75. The number of alkyl halides is 3. The fraction of sp³-hybridized carbons (Fsp3) is 0.500. The lowest BCUT2D eigenvalue weighted by Crippen LogP contribution is -2.46. The van der Waals surface area contributed by atoms with E-state index in [1.807, 2.05) is 0 Å². The van der Waals surface area contributed by atoms with E-state index >= 15 is 0 Å². The Morgan fingerprint density at radius 3 is 2.30 bits per heavy atom. The predicted octanol–water partition coefficient (Wildman–Crippen LogP) is 1.99. The zero-order valence-electron chi connectivity index (χ0n) is 12.4. The number of nitrogens with zero attached hydrogens (tertiary/aromatic N) is 1. The van der Waals surface area contributed by atoms with Crippen molar-refractivity contribution in [2.75, 3.05) is 13.1 Å². The lowest BCUT2D eigenvalue weighted by atomic mass is 10.1. The number of carbonyl (C=O) groups excluding carboxylic acids is 1. The minimum absolute atomic E-state index is 0.103. The second-order valence-electron chi connectivity index (χ2n) is 5.40. The first-order valence-corrected chi connectivity index (χ1v) is 8.53. The molecule has 1 amide bonds. The van der Waals surface area contributed by atoms with Gasteiger partial charge in [0.25, 0.3) is 0 Å². The normalized spacial score (nSPS) is 17.3. The molecule has 0 aliphatic carbocycles. The number of nitrogens with one attached hydrogen (secondary N) is 1. The summed E-state index contributed by atoms with van der Waals surface area (Å²) < 4.78 is 65.8. The van der Waals surface area contributed by atoms with Gasteiger partial charge in [0.05, 0.1) is 10.5 Å². The molecule has 0 unspecified atom stereocenters. The Bertz CT molecular complexity index is 681. The van der Waals surface area contributed by atoms with Crippen molar-refractivity contribution in [1.29, 1.82) is 0 Å². The van der Waals surface area contributed by atoms with Gasteiger partial charge in [-0.15, -0.1) is 0 Å². The van der Waals surface area contributed by atoms with E-state index in [9.17, 15) is 26.4 Å². The first-order chi connectivity index (χ1) is 10.6. The molecule has 23 heavy (non-hydrogen) atoms. The predicted molar refractivity (Wildman–Crippen MR) is 77.0 cm³/mol. The lowest BCUT2D eigenvalue weighted by molar-refractivity contribution is -0.140. The molecule has 1 fully saturated rings. The number of hydrogen-bond donors (Lipinski definition) is 1. The van der Waals surface area contributed by atoms with E-state index in [-0.39, 0.29) is 5.91 Å². The molecule has 5 nitrogen and oxygen atoms in total. The standard InChI is InChI=1S/C14H17F3N2O3S/c1-10(20)19-8-6-11(7-9-19)18-23(21,22)13-5-3-2-4-12(13)14(15,16)17/h2-5,11,18H,6-9H2,1H3. The van der Waals surface area contributed by atoms with Crippen LogP contribution < -0.4 is 4.72 Å². The number of benzene rings is 1. The highest BCUT2D eigenvalue weighted by molar-refractivity contribution is 7.89. The van der Waals surface area contributed by atoms with Crippen LogP contribution in [-0.4, -0.2) is 38.4 Å². The van der Waals surface area contributed by atoms with E-state index in [1.54, 1.807) is 4.90 Å². The van der Waals surface area contributed by atoms with Crippen molar-refractivity contribution >= 4 is 15.9 Å². The van der Waals surface area contributed by atoms with E-state index < -0.39 is 32.7 Å². The van der Waals surface area contributed by atoms with Gasteiger partial charge in [0.15, 0.2) is 0 Å². The number of carbonyl (C=O) groups is 1. The summed E-state index contributed by atoms with van der Waals surface area (Å²) in [6, 6.07) is 3.59. The Morgan fingerprint density at radius 1 is 1.22 bits per heavy atom. The molecule has 0 radical (unpaired) electrons. The summed E-state index contributed by atoms with van der Waals surface area (Å²) in [7, 11) is -4.28. The maximum absolute atomic E-state index is 13.0. The molecule has 2 rings (SSSR count). The van der Waals surface area contributed by atoms with Crippen LogP contribution >= 0.6 is 0 Å². The van der Waals surface area contributed by atoms with Crippen LogP contribution in [0.15, 0.2) is 29.2 Å². The Kier molecular flexibility index (Phi) is 5.00. The minimum Gasteiger partial charge on any atom is -0.343 e. The van der Waals surface area contributed by atoms with E-state index in [0.717, 1.165) is 18.2 Å². The lowest BCUT2D eigenvalue weighted by Gasteiger charge is -2.31. The van der Waals surface area contributed by atoms with Gasteiger partial charge >= 0.3 is 6.18 Å². The van der Waals surface area contributed by atoms with Crippen molar-refractivity contribution in [3.8, 4) is 0 Å². The number of sulfonamides is 1. The average molecular weight is 350 g/mol. The molecule has 1 N–H and O–H groups in total. The summed E-state index contributed by atoms with van der Waals surface area (Å²) in [6.45, 7) is 2.18. The molecule has 0 atom stereocenters. The molecule has 1 aliphatic heterocycles. The van der Waals surface area contributed by atoms with Crippen molar-refractivity contribution in [3.63, 3.8) is 0 Å². The Balaban J connectivity index is 2.17. The van der Waals surface area contributed by atoms with Crippen LogP contribution in [0.3, 0.4) is 0 Å². The van der Waals surface area contributed by atoms with Crippen molar-refractivity contribution in [2.45, 2.75) is 36.9 Å². The quantitative estimate of drug-likeness (QED) is 0.907. The van der Waals surface area contributed by atoms with E-state index in [4.69, 9.17) is 0 Å². The monoisotopic (exact) mass is 350 g/mol. The van der Waals surface area contributed by atoms with Crippen LogP contribution in [0.25, 0.3) is 0 Å². The van der Waals surface area contributed by atoms with Gasteiger partial charge in [0.1, 0.15) is 0 Å². The molecule has 0 aromatic heterocycles. The van der Waals surface area contributed by atoms with E-state index in [0.29, 0.717) is 25.9 Å². The summed E-state index contributed by atoms with van der Waals surface area (Å²) in [6.07, 6.45) is -4.01. The third-order valence-electron chi connectivity index (χ3n) is 3.74. The first-order valence-electron chi connectivity index (χ1n) is 7.05. The molecule has 128 valence electrons. The number of hydrogen-bond acceptors (Lipinski definition) is 3. The van der Waals surface area contributed by atoms with Crippen molar-refractivity contribution in [2.24, 2.45) is 0 Å². The van der Waals surface area contributed by atoms with Gasteiger partial charge in [0, 0.05) is 26.1 Å². The Hall–Kier alpha value is -1.61. The first kappa shape index (κ1) is 17.7.